The second-order valence-electron chi connectivity index (χ2n) is 8.48. The van der Waals surface area contributed by atoms with Crippen LogP contribution in [0, 0.1) is 0 Å². The first-order chi connectivity index (χ1) is 17.8. The van der Waals surface area contributed by atoms with E-state index in [1.54, 1.807) is 6.20 Å². The Labute approximate surface area is 213 Å². The van der Waals surface area contributed by atoms with Crippen LogP contribution in [0.2, 0.25) is 0 Å². The maximum absolute atomic E-state index is 5.01. The first kappa shape index (κ1) is 22.2. The van der Waals surface area contributed by atoms with E-state index in [1.807, 2.05) is 30.8 Å². The average molecular weight is 486 g/mol. The van der Waals surface area contributed by atoms with E-state index >= 15 is 0 Å². The molecule has 2 aromatic carbocycles. The van der Waals surface area contributed by atoms with Crippen molar-refractivity contribution in [1.29, 1.82) is 0 Å². The quantitative estimate of drug-likeness (QED) is 0.188. The molecule has 0 aliphatic heterocycles. The van der Waals surface area contributed by atoms with E-state index in [-0.39, 0.29) is 0 Å². The molecule has 0 fully saturated rings. The molecule has 4 aromatic heterocycles. The summed E-state index contributed by atoms with van der Waals surface area (Å²) in [4.78, 5) is 18.4. The number of aromatic nitrogens is 5. The summed E-state index contributed by atoms with van der Waals surface area (Å²) >= 11 is 1.52. The van der Waals surface area contributed by atoms with E-state index in [4.69, 9.17) is 4.98 Å². The zero-order valence-corrected chi connectivity index (χ0v) is 20.6. The molecule has 174 valence electrons. The molecule has 0 bridgehead atoms. The third-order valence-electron chi connectivity index (χ3n) is 6.18. The topological polar surface area (TPSA) is 56.5 Å². The van der Waals surface area contributed by atoms with Crippen molar-refractivity contribution in [2.24, 2.45) is 0 Å². The van der Waals surface area contributed by atoms with E-state index < -0.39 is 0 Å². The molecule has 6 aromatic rings. The Morgan fingerprint density at radius 3 is 2.39 bits per heavy atom. The van der Waals surface area contributed by atoms with Gasteiger partial charge in [0.05, 0.1) is 5.69 Å². The molecule has 6 heteroatoms. The van der Waals surface area contributed by atoms with Crippen LogP contribution in [-0.2, 0) is 6.54 Å². The number of hydrogen-bond donors (Lipinski definition) is 0. The van der Waals surface area contributed by atoms with Crippen LogP contribution >= 0.6 is 11.8 Å². The fourth-order valence-electron chi connectivity index (χ4n) is 4.40. The largest absolute Gasteiger partial charge is 0.343 e. The van der Waals surface area contributed by atoms with E-state index in [9.17, 15) is 0 Å². The summed E-state index contributed by atoms with van der Waals surface area (Å²) in [6, 6.07) is 29.4. The Kier molecular flexibility index (Phi) is 6.01. The SMILES string of the molecule is CSc1ncc2cc(-c3ccccc3)c(-c3ccc(Cn4cccc4-c4cccnc4)cc3)nc2n1. The van der Waals surface area contributed by atoms with Crippen LogP contribution in [0.5, 0.6) is 0 Å². The van der Waals surface area contributed by atoms with Gasteiger partial charge in [-0.2, -0.15) is 0 Å². The highest BCUT2D eigenvalue weighted by Gasteiger charge is 2.13. The normalized spacial score (nSPS) is 11.1. The lowest BCUT2D eigenvalue weighted by atomic mass is 9.97. The van der Waals surface area contributed by atoms with Crippen LogP contribution in [-0.4, -0.2) is 30.8 Å². The molecular formula is C30H23N5S. The lowest BCUT2D eigenvalue weighted by molar-refractivity contribution is 0.814. The van der Waals surface area contributed by atoms with Gasteiger partial charge in [-0.25, -0.2) is 15.0 Å². The van der Waals surface area contributed by atoms with Gasteiger partial charge < -0.3 is 4.57 Å². The molecular weight excluding hydrogens is 462 g/mol. The van der Waals surface area contributed by atoms with Gasteiger partial charge in [-0.15, -0.1) is 0 Å². The van der Waals surface area contributed by atoms with Crippen molar-refractivity contribution in [1.82, 2.24) is 24.5 Å². The molecule has 0 amide bonds. The molecule has 0 N–H and O–H groups in total. The van der Waals surface area contributed by atoms with Gasteiger partial charge in [-0.05, 0) is 47.7 Å². The molecule has 0 unspecified atom stereocenters. The van der Waals surface area contributed by atoms with E-state index in [2.05, 4.69) is 98.5 Å². The first-order valence-electron chi connectivity index (χ1n) is 11.7. The summed E-state index contributed by atoms with van der Waals surface area (Å²) in [5.74, 6) is 0. The number of fused-ring (bicyclic) bond motifs is 1. The van der Waals surface area contributed by atoms with E-state index in [0.29, 0.717) is 5.65 Å². The minimum Gasteiger partial charge on any atom is -0.343 e. The van der Waals surface area contributed by atoms with Crippen molar-refractivity contribution in [3.63, 3.8) is 0 Å². The van der Waals surface area contributed by atoms with Crippen molar-refractivity contribution in [3.05, 3.63) is 115 Å². The molecule has 0 saturated carbocycles. The van der Waals surface area contributed by atoms with Crippen molar-refractivity contribution >= 4 is 22.8 Å². The summed E-state index contributed by atoms with van der Waals surface area (Å²) in [5, 5.41) is 1.66. The molecule has 0 saturated heterocycles. The van der Waals surface area contributed by atoms with Crippen LogP contribution in [0.4, 0.5) is 0 Å². The second kappa shape index (κ2) is 9.76. The van der Waals surface area contributed by atoms with Crippen molar-refractivity contribution in [2.45, 2.75) is 11.7 Å². The number of thioether (sulfide) groups is 1. The fourth-order valence-corrected chi connectivity index (χ4v) is 4.73. The molecule has 0 spiro atoms. The highest BCUT2D eigenvalue weighted by molar-refractivity contribution is 7.98. The smallest absolute Gasteiger partial charge is 0.189 e. The highest BCUT2D eigenvalue weighted by atomic mass is 32.2. The Hall–Kier alpha value is -4.29. The van der Waals surface area contributed by atoms with E-state index in [0.717, 1.165) is 50.7 Å². The number of benzene rings is 2. The summed E-state index contributed by atoms with van der Waals surface area (Å²) in [7, 11) is 0. The van der Waals surface area contributed by atoms with Crippen LogP contribution in [0.3, 0.4) is 0 Å². The van der Waals surface area contributed by atoms with Gasteiger partial charge in [-0.1, -0.05) is 66.4 Å². The molecule has 5 nitrogen and oxygen atoms in total. The summed E-state index contributed by atoms with van der Waals surface area (Å²) in [5.41, 5.74) is 8.36. The van der Waals surface area contributed by atoms with Gasteiger partial charge in [-0.3, -0.25) is 4.98 Å². The Morgan fingerprint density at radius 2 is 1.61 bits per heavy atom. The fraction of sp³-hybridized carbons (Fsp3) is 0.0667. The summed E-state index contributed by atoms with van der Waals surface area (Å²) < 4.78 is 2.25. The van der Waals surface area contributed by atoms with Gasteiger partial charge in [0.2, 0.25) is 0 Å². The highest BCUT2D eigenvalue weighted by Crippen LogP contribution is 2.33. The average Bonchev–Trinajstić information content (AvgIpc) is 3.41. The van der Waals surface area contributed by atoms with Crippen molar-refractivity contribution < 1.29 is 0 Å². The third-order valence-corrected chi connectivity index (χ3v) is 6.74. The molecule has 4 heterocycles. The maximum atomic E-state index is 5.01. The first-order valence-corrected chi connectivity index (χ1v) is 12.9. The third kappa shape index (κ3) is 4.39. The minimum atomic E-state index is 0.710. The van der Waals surface area contributed by atoms with Gasteiger partial charge in [0.25, 0.3) is 0 Å². The van der Waals surface area contributed by atoms with Crippen LogP contribution in [0.15, 0.2) is 115 Å². The minimum absolute atomic E-state index is 0.710. The Bertz CT molecular complexity index is 1630. The Balaban J connectivity index is 1.38. The molecule has 0 radical (unpaired) electrons. The standard InChI is InChI=1S/C30H23N5S/c1-36-30-32-19-25-17-26(22-7-3-2-4-8-22)28(33-29(25)34-30)23-13-11-21(12-14-23)20-35-16-6-10-27(35)24-9-5-15-31-18-24/h2-19H,20H2,1H3. The molecule has 0 aliphatic rings. The van der Waals surface area contributed by atoms with Gasteiger partial charge in [0, 0.05) is 59.1 Å². The molecule has 0 aliphatic carbocycles. The van der Waals surface area contributed by atoms with Crippen LogP contribution in [0.25, 0.3) is 44.7 Å². The molecule has 0 atom stereocenters. The monoisotopic (exact) mass is 485 g/mol. The van der Waals surface area contributed by atoms with Crippen LogP contribution in [0.1, 0.15) is 5.56 Å². The zero-order chi connectivity index (χ0) is 24.3. The predicted molar refractivity (Wildman–Crippen MR) is 147 cm³/mol. The van der Waals surface area contributed by atoms with Crippen LogP contribution < -0.4 is 0 Å². The number of hydrogen-bond acceptors (Lipinski definition) is 5. The van der Waals surface area contributed by atoms with Gasteiger partial charge >= 0.3 is 0 Å². The predicted octanol–water partition coefficient (Wildman–Crippen LogP) is 6.99. The lowest BCUT2D eigenvalue weighted by Gasteiger charge is -2.13. The number of nitrogens with zero attached hydrogens (tertiary/aromatic N) is 5. The molecule has 36 heavy (non-hydrogen) atoms. The van der Waals surface area contributed by atoms with Crippen molar-refractivity contribution in [3.8, 4) is 33.6 Å². The molecule has 6 rings (SSSR count). The summed E-state index contributed by atoms with van der Waals surface area (Å²) in [6.45, 7) is 0.776. The second-order valence-corrected chi connectivity index (χ2v) is 9.25. The lowest BCUT2D eigenvalue weighted by Crippen LogP contribution is -2.00. The van der Waals surface area contributed by atoms with E-state index in [1.165, 1.54) is 17.3 Å². The number of rotatable bonds is 6. The zero-order valence-electron chi connectivity index (χ0n) is 19.7. The number of pyridine rings is 2. The van der Waals surface area contributed by atoms with Gasteiger partial charge in [0.1, 0.15) is 0 Å². The van der Waals surface area contributed by atoms with Crippen molar-refractivity contribution in [2.75, 3.05) is 6.26 Å². The Morgan fingerprint density at radius 1 is 0.778 bits per heavy atom. The van der Waals surface area contributed by atoms with Gasteiger partial charge in [0.15, 0.2) is 10.8 Å². The maximum Gasteiger partial charge on any atom is 0.189 e. The summed E-state index contributed by atoms with van der Waals surface area (Å²) in [6.07, 6.45) is 9.64.